The van der Waals surface area contributed by atoms with Crippen LogP contribution >= 0.6 is 8.03 Å². The number of benzene rings is 2. The van der Waals surface area contributed by atoms with Crippen LogP contribution < -0.4 is 5.30 Å². The third-order valence-electron chi connectivity index (χ3n) is 3.26. The molecule has 0 aromatic heterocycles. The molecular formula is C16H17O3P. The lowest BCUT2D eigenvalue weighted by molar-refractivity contribution is 0.0751. The Morgan fingerprint density at radius 3 is 2.20 bits per heavy atom. The summed E-state index contributed by atoms with van der Waals surface area (Å²) in [4.78, 5) is 12.1. The SMILES string of the molecule is Cc1cc(C)c(C(=O)O[PH](=O)c2ccccc2)cc1C. The Morgan fingerprint density at radius 1 is 0.950 bits per heavy atom. The molecule has 20 heavy (non-hydrogen) atoms. The van der Waals surface area contributed by atoms with Crippen molar-refractivity contribution in [1.29, 1.82) is 0 Å². The molecule has 1 unspecified atom stereocenters. The first-order valence-electron chi connectivity index (χ1n) is 6.38. The Bertz CT molecular complexity index is 663. The van der Waals surface area contributed by atoms with E-state index in [2.05, 4.69) is 0 Å². The fourth-order valence-electron chi connectivity index (χ4n) is 1.95. The molecule has 0 amide bonds. The van der Waals surface area contributed by atoms with Gasteiger partial charge in [-0.2, -0.15) is 0 Å². The Kier molecular flexibility index (Phi) is 4.41. The summed E-state index contributed by atoms with van der Waals surface area (Å²) in [6.45, 7) is 5.78. The molecule has 2 aromatic rings. The minimum Gasteiger partial charge on any atom is -0.407 e. The fourth-order valence-corrected chi connectivity index (χ4v) is 2.81. The van der Waals surface area contributed by atoms with Gasteiger partial charge in [0.05, 0.1) is 5.56 Å². The number of rotatable bonds is 3. The van der Waals surface area contributed by atoms with Crippen molar-refractivity contribution in [3.8, 4) is 0 Å². The number of hydrogen-bond acceptors (Lipinski definition) is 3. The van der Waals surface area contributed by atoms with Crippen molar-refractivity contribution < 1.29 is 13.9 Å². The van der Waals surface area contributed by atoms with Gasteiger partial charge in [-0.05, 0) is 55.7 Å². The van der Waals surface area contributed by atoms with Crippen LogP contribution in [-0.4, -0.2) is 5.97 Å². The highest BCUT2D eigenvalue weighted by Crippen LogP contribution is 2.25. The number of hydrogen-bond donors (Lipinski definition) is 0. The van der Waals surface area contributed by atoms with Gasteiger partial charge in [-0.3, -0.25) is 4.57 Å². The maximum Gasteiger partial charge on any atom is 0.343 e. The van der Waals surface area contributed by atoms with E-state index in [0.29, 0.717) is 10.9 Å². The van der Waals surface area contributed by atoms with Crippen molar-refractivity contribution in [1.82, 2.24) is 0 Å². The molecule has 0 aliphatic heterocycles. The fraction of sp³-hybridized carbons (Fsp3) is 0.188. The Balaban J connectivity index is 2.21. The van der Waals surface area contributed by atoms with Gasteiger partial charge in [0.2, 0.25) is 0 Å². The summed E-state index contributed by atoms with van der Waals surface area (Å²) in [5, 5.41) is 0.548. The molecule has 3 nitrogen and oxygen atoms in total. The molecule has 0 saturated heterocycles. The number of aryl methyl sites for hydroxylation is 3. The van der Waals surface area contributed by atoms with Gasteiger partial charge in [0.15, 0.2) is 0 Å². The van der Waals surface area contributed by atoms with E-state index in [-0.39, 0.29) is 0 Å². The van der Waals surface area contributed by atoms with Crippen LogP contribution in [0.15, 0.2) is 42.5 Å². The van der Waals surface area contributed by atoms with E-state index in [1.807, 2.05) is 32.9 Å². The van der Waals surface area contributed by atoms with Crippen LogP contribution in [0.25, 0.3) is 0 Å². The van der Waals surface area contributed by atoms with Crippen molar-refractivity contribution in [2.24, 2.45) is 0 Å². The third kappa shape index (κ3) is 3.17. The second-order valence-electron chi connectivity index (χ2n) is 4.79. The van der Waals surface area contributed by atoms with E-state index in [1.165, 1.54) is 0 Å². The molecule has 0 radical (unpaired) electrons. The van der Waals surface area contributed by atoms with Crippen LogP contribution in [0.2, 0.25) is 0 Å². The summed E-state index contributed by atoms with van der Waals surface area (Å²) >= 11 is 0. The van der Waals surface area contributed by atoms with Gasteiger partial charge in [-0.1, -0.05) is 24.3 Å². The summed E-state index contributed by atoms with van der Waals surface area (Å²) in [5.41, 5.74) is 3.44. The molecule has 4 heteroatoms. The van der Waals surface area contributed by atoms with Gasteiger partial charge in [0.25, 0.3) is 8.03 Å². The molecule has 0 aliphatic carbocycles. The van der Waals surface area contributed by atoms with Gasteiger partial charge in [0, 0.05) is 5.30 Å². The molecular weight excluding hydrogens is 271 g/mol. The molecule has 0 saturated carbocycles. The normalized spacial score (nSPS) is 11.9. The smallest absolute Gasteiger partial charge is 0.343 e. The number of carbonyl (C=O) groups is 1. The van der Waals surface area contributed by atoms with Crippen LogP contribution in [-0.2, 0) is 9.09 Å². The van der Waals surface area contributed by atoms with Crippen LogP contribution in [0.1, 0.15) is 27.0 Å². The average Bonchev–Trinajstić information content (AvgIpc) is 2.43. The summed E-state index contributed by atoms with van der Waals surface area (Å²) in [6.07, 6.45) is 0. The Labute approximate surface area is 119 Å². The first kappa shape index (κ1) is 14.5. The van der Waals surface area contributed by atoms with E-state index in [0.717, 1.165) is 16.7 Å². The predicted molar refractivity (Wildman–Crippen MR) is 81.1 cm³/mol. The first-order valence-corrected chi connectivity index (χ1v) is 7.70. The molecule has 0 fully saturated rings. The molecule has 1 atom stereocenters. The largest absolute Gasteiger partial charge is 0.407 e. The van der Waals surface area contributed by atoms with E-state index < -0.39 is 14.0 Å². The van der Waals surface area contributed by atoms with Crippen LogP contribution in [0.4, 0.5) is 0 Å². The average molecular weight is 288 g/mol. The van der Waals surface area contributed by atoms with E-state index in [9.17, 15) is 9.36 Å². The summed E-state index contributed by atoms with van der Waals surface area (Å²) < 4.78 is 17.1. The van der Waals surface area contributed by atoms with E-state index in [1.54, 1.807) is 30.3 Å². The highest BCUT2D eigenvalue weighted by molar-refractivity contribution is 7.49. The standard InChI is InChI=1S/C16H17O3P/c1-11-9-13(3)15(10-12(11)2)16(17)19-20(18)14-7-5-4-6-8-14/h4-10,20H,1-3H3. The molecule has 104 valence electrons. The molecule has 0 aliphatic rings. The highest BCUT2D eigenvalue weighted by Gasteiger charge is 2.15. The lowest BCUT2D eigenvalue weighted by Crippen LogP contribution is -2.07. The second kappa shape index (κ2) is 6.06. The molecule has 0 N–H and O–H groups in total. The monoisotopic (exact) mass is 288 g/mol. The van der Waals surface area contributed by atoms with E-state index >= 15 is 0 Å². The molecule has 2 aromatic carbocycles. The maximum absolute atomic E-state index is 12.1. The van der Waals surface area contributed by atoms with Gasteiger partial charge >= 0.3 is 5.97 Å². The van der Waals surface area contributed by atoms with Crippen molar-refractivity contribution in [3.05, 3.63) is 64.7 Å². The lowest BCUT2D eigenvalue weighted by atomic mass is 10.0. The highest BCUT2D eigenvalue weighted by atomic mass is 31.1. The second-order valence-corrected chi connectivity index (χ2v) is 6.15. The zero-order valence-electron chi connectivity index (χ0n) is 11.8. The van der Waals surface area contributed by atoms with Crippen molar-refractivity contribution in [2.75, 3.05) is 0 Å². The zero-order chi connectivity index (χ0) is 14.7. The van der Waals surface area contributed by atoms with Crippen molar-refractivity contribution in [2.45, 2.75) is 20.8 Å². The van der Waals surface area contributed by atoms with Crippen molar-refractivity contribution in [3.63, 3.8) is 0 Å². The van der Waals surface area contributed by atoms with Crippen LogP contribution in [0.3, 0.4) is 0 Å². The summed E-state index contributed by atoms with van der Waals surface area (Å²) in [6, 6.07) is 12.5. The number of carbonyl (C=O) groups excluding carboxylic acids is 1. The van der Waals surface area contributed by atoms with Gasteiger partial charge in [-0.15, -0.1) is 0 Å². The Morgan fingerprint density at radius 2 is 1.55 bits per heavy atom. The van der Waals surface area contributed by atoms with Crippen LogP contribution in [0, 0.1) is 20.8 Å². The molecule has 0 spiro atoms. The molecule has 0 bridgehead atoms. The summed E-state index contributed by atoms with van der Waals surface area (Å²) in [7, 11) is -2.55. The third-order valence-corrected chi connectivity index (χ3v) is 4.43. The lowest BCUT2D eigenvalue weighted by Gasteiger charge is -2.09. The van der Waals surface area contributed by atoms with E-state index in [4.69, 9.17) is 4.52 Å². The minimum absolute atomic E-state index is 0.474. The van der Waals surface area contributed by atoms with Gasteiger partial charge in [-0.25, -0.2) is 4.79 Å². The molecule has 2 rings (SSSR count). The zero-order valence-corrected chi connectivity index (χ0v) is 12.8. The maximum atomic E-state index is 12.1. The molecule has 0 heterocycles. The topological polar surface area (TPSA) is 43.4 Å². The predicted octanol–water partition coefficient (Wildman–Crippen LogP) is 3.57. The quantitative estimate of drug-likeness (QED) is 0.811. The summed E-state index contributed by atoms with van der Waals surface area (Å²) in [5.74, 6) is -0.529. The van der Waals surface area contributed by atoms with Gasteiger partial charge < -0.3 is 4.52 Å². The first-order chi connectivity index (χ1) is 9.49. The van der Waals surface area contributed by atoms with Crippen LogP contribution in [0.5, 0.6) is 0 Å². The van der Waals surface area contributed by atoms with Gasteiger partial charge in [0.1, 0.15) is 0 Å². The minimum atomic E-state index is -2.55. The Hall–Kier alpha value is -1.86. The van der Waals surface area contributed by atoms with Crippen molar-refractivity contribution >= 4 is 19.3 Å².